The first kappa shape index (κ1) is 28.5. The van der Waals surface area contributed by atoms with E-state index in [1.165, 1.54) is 0 Å². The fourth-order valence-electron chi connectivity index (χ4n) is 3.58. The van der Waals surface area contributed by atoms with Crippen molar-refractivity contribution in [1.82, 2.24) is 15.5 Å². The van der Waals surface area contributed by atoms with E-state index in [1.54, 1.807) is 32.6 Å². The number of nitrogens with one attached hydrogen (secondary N) is 2. The van der Waals surface area contributed by atoms with Crippen molar-refractivity contribution in [3.05, 3.63) is 35.9 Å². The number of nitrogens with zero attached hydrogens (tertiary/aromatic N) is 1. The summed E-state index contributed by atoms with van der Waals surface area (Å²) in [5.74, 6) is -0.582. The number of ether oxygens (including phenoxy) is 1. The van der Waals surface area contributed by atoms with Gasteiger partial charge in [0.2, 0.25) is 11.8 Å². The van der Waals surface area contributed by atoms with Crippen LogP contribution in [0.3, 0.4) is 0 Å². The van der Waals surface area contributed by atoms with Gasteiger partial charge in [-0.25, -0.2) is 4.79 Å². The molecule has 7 nitrogen and oxygen atoms in total. The van der Waals surface area contributed by atoms with E-state index in [1.807, 2.05) is 58.0 Å². The Morgan fingerprint density at radius 3 is 2.03 bits per heavy atom. The highest BCUT2D eigenvalue weighted by Crippen LogP contribution is 2.32. The second-order valence-electron chi connectivity index (χ2n) is 10.3. The SMILES string of the molecule is CCCC(C)NC(=O)C(c1ccccc1)N(C(=O)C(C)NC(=O)OC(C)(C)C)C(C)(C)CC. The third-order valence-electron chi connectivity index (χ3n) is 5.59. The fourth-order valence-corrected chi connectivity index (χ4v) is 3.58. The van der Waals surface area contributed by atoms with Gasteiger partial charge in [0.25, 0.3) is 0 Å². The van der Waals surface area contributed by atoms with E-state index in [9.17, 15) is 14.4 Å². The highest BCUT2D eigenvalue weighted by molar-refractivity contribution is 5.92. The normalized spacial score (nSPS) is 14.6. The van der Waals surface area contributed by atoms with E-state index in [0.29, 0.717) is 6.42 Å². The average molecular weight is 462 g/mol. The van der Waals surface area contributed by atoms with Crippen molar-refractivity contribution in [2.75, 3.05) is 0 Å². The van der Waals surface area contributed by atoms with Crippen molar-refractivity contribution in [2.45, 2.75) is 111 Å². The number of rotatable bonds is 10. The Kier molecular flexibility index (Phi) is 10.4. The minimum atomic E-state index is -0.877. The van der Waals surface area contributed by atoms with Gasteiger partial charge < -0.3 is 20.3 Å². The van der Waals surface area contributed by atoms with Gasteiger partial charge in [0.15, 0.2) is 0 Å². The van der Waals surface area contributed by atoms with Crippen molar-refractivity contribution in [3.63, 3.8) is 0 Å². The molecule has 0 spiro atoms. The molecule has 0 fully saturated rings. The molecular weight excluding hydrogens is 418 g/mol. The number of hydrogen-bond donors (Lipinski definition) is 2. The molecule has 0 heterocycles. The van der Waals surface area contributed by atoms with E-state index in [2.05, 4.69) is 17.6 Å². The molecule has 0 aromatic heterocycles. The van der Waals surface area contributed by atoms with Crippen LogP contribution in [0.4, 0.5) is 4.79 Å². The van der Waals surface area contributed by atoms with E-state index in [4.69, 9.17) is 4.74 Å². The standard InChI is InChI=1S/C26H43N3O4/c1-10-15-18(3)27-22(30)21(20-16-13-12-14-17-20)29(26(8,9)11-2)23(31)19(4)28-24(32)33-25(5,6)7/h12-14,16-19,21H,10-11,15H2,1-9H3,(H,27,30)(H,28,32). The van der Waals surface area contributed by atoms with Gasteiger partial charge in [-0.3, -0.25) is 9.59 Å². The van der Waals surface area contributed by atoms with Gasteiger partial charge in [0.05, 0.1) is 0 Å². The van der Waals surface area contributed by atoms with Crippen molar-refractivity contribution in [2.24, 2.45) is 0 Å². The third kappa shape index (κ3) is 8.71. The van der Waals surface area contributed by atoms with Gasteiger partial charge >= 0.3 is 6.09 Å². The first-order chi connectivity index (χ1) is 15.2. The zero-order chi connectivity index (χ0) is 25.4. The second kappa shape index (κ2) is 12.1. The molecule has 1 aromatic carbocycles. The van der Waals surface area contributed by atoms with Crippen LogP contribution < -0.4 is 10.6 Å². The maximum atomic E-state index is 13.8. The largest absolute Gasteiger partial charge is 0.444 e. The molecule has 3 amide bonds. The molecule has 2 N–H and O–H groups in total. The number of alkyl carbamates (subject to hydrolysis) is 1. The summed E-state index contributed by atoms with van der Waals surface area (Å²) in [7, 11) is 0. The van der Waals surface area contributed by atoms with Crippen molar-refractivity contribution in [1.29, 1.82) is 0 Å². The Morgan fingerprint density at radius 2 is 1.55 bits per heavy atom. The molecule has 7 heteroatoms. The minimum absolute atomic E-state index is 0.0206. The summed E-state index contributed by atoms with van der Waals surface area (Å²) in [6, 6.07) is 7.56. The van der Waals surface area contributed by atoms with E-state index in [-0.39, 0.29) is 17.9 Å². The predicted molar refractivity (Wildman–Crippen MR) is 132 cm³/mol. The van der Waals surface area contributed by atoms with Crippen LogP contribution in [0, 0.1) is 0 Å². The van der Waals surface area contributed by atoms with Crippen LogP contribution in [-0.2, 0) is 14.3 Å². The third-order valence-corrected chi connectivity index (χ3v) is 5.59. The van der Waals surface area contributed by atoms with E-state index in [0.717, 1.165) is 18.4 Å². The summed E-state index contributed by atoms with van der Waals surface area (Å²) in [4.78, 5) is 41.2. The summed E-state index contributed by atoms with van der Waals surface area (Å²) in [6.45, 7) is 16.8. The highest BCUT2D eigenvalue weighted by Gasteiger charge is 2.42. The zero-order valence-electron chi connectivity index (χ0n) is 21.8. The summed E-state index contributed by atoms with van der Waals surface area (Å²) < 4.78 is 5.32. The molecule has 3 atom stereocenters. The summed E-state index contributed by atoms with van der Waals surface area (Å²) in [6.07, 6.45) is 1.74. The molecule has 0 aliphatic rings. The summed E-state index contributed by atoms with van der Waals surface area (Å²) >= 11 is 0. The lowest BCUT2D eigenvalue weighted by atomic mass is 9.92. The molecule has 186 valence electrons. The van der Waals surface area contributed by atoms with Gasteiger partial charge in [-0.15, -0.1) is 0 Å². The smallest absolute Gasteiger partial charge is 0.408 e. The first-order valence-electron chi connectivity index (χ1n) is 11.9. The van der Waals surface area contributed by atoms with Crippen LogP contribution in [-0.4, -0.2) is 46.0 Å². The molecule has 0 saturated heterocycles. The lowest BCUT2D eigenvalue weighted by molar-refractivity contribution is -0.149. The Bertz CT molecular complexity index is 786. The maximum absolute atomic E-state index is 13.8. The lowest BCUT2D eigenvalue weighted by Gasteiger charge is -2.44. The number of carbonyl (C=O) groups excluding carboxylic acids is 3. The van der Waals surface area contributed by atoms with Gasteiger partial charge in [-0.1, -0.05) is 50.6 Å². The molecule has 33 heavy (non-hydrogen) atoms. The highest BCUT2D eigenvalue weighted by atomic mass is 16.6. The second-order valence-corrected chi connectivity index (χ2v) is 10.3. The molecule has 3 unspecified atom stereocenters. The molecule has 0 radical (unpaired) electrons. The minimum Gasteiger partial charge on any atom is -0.444 e. The Balaban J connectivity index is 3.38. The quantitative estimate of drug-likeness (QED) is 0.515. The number of carbonyl (C=O) groups is 3. The zero-order valence-corrected chi connectivity index (χ0v) is 21.8. The van der Waals surface area contributed by atoms with Gasteiger partial charge in [-0.05, 0) is 66.9 Å². The van der Waals surface area contributed by atoms with Crippen molar-refractivity contribution >= 4 is 17.9 Å². The van der Waals surface area contributed by atoms with Gasteiger partial charge in [0, 0.05) is 11.6 Å². The molecule has 0 saturated carbocycles. The number of amides is 3. The van der Waals surface area contributed by atoms with E-state index < -0.39 is 29.3 Å². The molecule has 0 aliphatic heterocycles. The monoisotopic (exact) mass is 461 g/mol. The average Bonchev–Trinajstić information content (AvgIpc) is 2.70. The van der Waals surface area contributed by atoms with Crippen LogP contribution in [0.5, 0.6) is 0 Å². The molecule has 0 aliphatic carbocycles. The van der Waals surface area contributed by atoms with Crippen LogP contribution >= 0.6 is 0 Å². The van der Waals surface area contributed by atoms with Gasteiger partial charge in [-0.2, -0.15) is 0 Å². The predicted octanol–water partition coefficient (Wildman–Crippen LogP) is 4.96. The van der Waals surface area contributed by atoms with Crippen LogP contribution in [0.15, 0.2) is 30.3 Å². The molecule has 1 rings (SSSR count). The molecule has 1 aromatic rings. The Labute approximate surface area is 199 Å². The number of benzene rings is 1. The Morgan fingerprint density at radius 1 is 0.970 bits per heavy atom. The number of hydrogen-bond acceptors (Lipinski definition) is 4. The summed E-state index contributed by atoms with van der Waals surface area (Å²) in [5.41, 5.74) is -0.609. The van der Waals surface area contributed by atoms with Gasteiger partial charge in [0.1, 0.15) is 17.7 Å². The fraction of sp³-hybridized carbons (Fsp3) is 0.654. The van der Waals surface area contributed by atoms with E-state index >= 15 is 0 Å². The van der Waals surface area contributed by atoms with Crippen LogP contribution in [0.2, 0.25) is 0 Å². The summed E-state index contributed by atoms with van der Waals surface area (Å²) in [5, 5.41) is 5.71. The van der Waals surface area contributed by atoms with Crippen LogP contribution in [0.1, 0.15) is 93.2 Å². The first-order valence-corrected chi connectivity index (χ1v) is 11.9. The van der Waals surface area contributed by atoms with Crippen molar-refractivity contribution < 1.29 is 19.1 Å². The van der Waals surface area contributed by atoms with Crippen LogP contribution in [0.25, 0.3) is 0 Å². The Hall–Kier alpha value is -2.57. The maximum Gasteiger partial charge on any atom is 0.408 e. The lowest BCUT2D eigenvalue weighted by Crippen LogP contribution is -2.59. The topological polar surface area (TPSA) is 87.7 Å². The molecule has 0 bridgehead atoms. The molecular formula is C26H43N3O4. The van der Waals surface area contributed by atoms with Crippen molar-refractivity contribution in [3.8, 4) is 0 Å².